The predicted octanol–water partition coefficient (Wildman–Crippen LogP) is 1.17. The molecular weight excluding hydrogens is 159 g/mol. The van der Waals surface area contributed by atoms with E-state index in [0.29, 0.717) is 18.3 Å². The van der Waals surface area contributed by atoms with Crippen LogP contribution in [0.15, 0.2) is 18.2 Å². The third-order valence-corrected chi connectivity index (χ3v) is 1.59. The van der Waals surface area contributed by atoms with Gasteiger partial charge in [0.15, 0.2) is 6.29 Å². The third kappa shape index (κ3) is 1.89. The normalized spacial score (nSPS) is 9.83. The number of rotatable bonds is 3. The first-order valence-electron chi connectivity index (χ1n) is 3.62. The van der Waals surface area contributed by atoms with Gasteiger partial charge in [0, 0.05) is 6.61 Å². The summed E-state index contributed by atoms with van der Waals surface area (Å²) in [7, 11) is 0. The zero-order chi connectivity index (χ0) is 8.97. The Morgan fingerprint density at radius 1 is 1.50 bits per heavy atom. The maximum atomic E-state index is 12.9. The topological polar surface area (TPSA) is 37.3 Å². The van der Waals surface area contributed by atoms with Crippen LogP contribution in [0.1, 0.15) is 15.9 Å². The lowest BCUT2D eigenvalue weighted by Crippen LogP contribution is -1.94. The molecule has 64 valence electrons. The molecular formula is C9H9FO2. The number of aliphatic hydroxyl groups excluding tert-OH is 1. The van der Waals surface area contributed by atoms with E-state index in [1.54, 1.807) is 6.07 Å². The van der Waals surface area contributed by atoms with Gasteiger partial charge in [0.2, 0.25) is 0 Å². The first-order valence-corrected chi connectivity index (χ1v) is 3.62. The summed E-state index contributed by atoms with van der Waals surface area (Å²) in [4.78, 5) is 10.2. The van der Waals surface area contributed by atoms with Crippen LogP contribution in [0.3, 0.4) is 0 Å². The Labute approximate surface area is 69.6 Å². The summed E-state index contributed by atoms with van der Waals surface area (Å²) >= 11 is 0. The number of benzene rings is 1. The van der Waals surface area contributed by atoms with Gasteiger partial charge in [-0.2, -0.15) is 0 Å². The molecule has 0 amide bonds. The molecule has 0 saturated carbocycles. The van der Waals surface area contributed by atoms with E-state index in [2.05, 4.69) is 0 Å². The summed E-state index contributed by atoms with van der Waals surface area (Å²) in [6, 6.07) is 4.30. The SMILES string of the molecule is O=Cc1ccc(CCO)cc1F. The highest BCUT2D eigenvalue weighted by atomic mass is 19.1. The molecule has 1 N–H and O–H groups in total. The molecule has 0 aliphatic carbocycles. The van der Waals surface area contributed by atoms with E-state index in [-0.39, 0.29) is 12.2 Å². The second-order valence-corrected chi connectivity index (χ2v) is 2.45. The fraction of sp³-hybridized carbons (Fsp3) is 0.222. The minimum atomic E-state index is -0.532. The summed E-state index contributed by atoms with van der Waals surface area (Å²) in [5.74, 6) is -0.532. The Hall–Kier alpha value is -1.22. The van der Waals surface area contributed by atoms with Crippen molar-refractivity contribution in [1.82, 2.24) is 0 Å². The first-order chi connectivity index (χ1) is 5.77. The Kier molecular flexibility index (Phi) is 2.94. The number of aliphatic hydroxyl groups is 1. The van der Waals surface area contributed by atoms with E-state index >= 15 is 0 Å². The molecule has 0 fully saturated rings. The van der Waals surface area contributed by atoms with Crippen LogP contribution in [-0.4, -0.2) is 18.0 Å². The van der Waals surface area contributed by atoms with Crippen molar-refractivity contribution in [3.63, 3.8) is 0 Å². The lowest BCUT2D eigenvalue weighted by molar-refractivity contribution is 0.112. The molecule has 2 nitrogen and oxygen atoms in total. The summed E-state index contributed by atoms with van der Waals surface area (Å²) in [5.41, 5.74) is 0.747. The van der Waals surface area contributed by atoms with Crippen LogP contribution in [0.4, 0.5) is 4.39 Å². The summed E-state index contributed by atoms with van der Waals surface area (Å²) in [6.07, 6.45) is 0.883. The van der Waals surface area contributed by atoms with Gasteiger partial charge in [-0.15, -0.1) is 0 Å². The lowest BCUT2D eigenvalue weighted by atomic mass is 10.1. The molecule has 0 radical (unpaired) electrons. The standard InChI is InChI=1S/C9H9FO2/c10-9-5-7(3-4-11)1-2-8(9)6-12/h1-2,5-6,11H,3-4H2. The molecule has 1 aromatic rings. The second-order valence-electron chi connectivity index (χ2n) is 2.45. The van der Waals surface area contributed by atoms with Crippen LogP contribution >= 0.6 is 0 Å². The minimum Gasteiger partial charge on any atom is -0.396 e. The van der Waals surface area contributed by atoms with Crippen LogP contribution in [0.2, 0.25) is 0 Å². The lowest BCUT2D eigenvalue weighted by Gasteiger charge is -1.99. The zero-order valence-electron chi connectivity index (χ0n) is 6.46. The molecule has 0 bridgehead atoms. The second kappa shape index (κ2) is 3.97. The maximum Gasteiger partial charge on any atom is 0.152 e. The molecule has 12 heavy (non-hydrogen) atoms. The molecule has 0 saturated heterocycles. The Balaban J connectivity index is 2.93. The Morgan fingerprint density at radius 3 is 2.75 bits per heavy atom. The monoisotopic (exact) mass is 168 g/mol. The molecule has 0 aliphatic heterocycles. The van der Waals surface area contributed by atoms with Crippen molar-refractivity contribution in [1.29, 1.82) is 0 Å². The van der Waals surface area contributed by atoms with Gasteiger partial charge in [0.25, 0.3) is 0 Å². The van der Waals surface area contributed by atoms with Crippen molar-refractivity contribution < 1.29 is 14.3 Å². The highest BCUT2D eigenvalue weighted by Crippen LogP contribution is 2.08. The Morgan fingerprint density at radius 2 is 2.25 bits per heavy atom. The van der Waals surface area contributed by atoms with Gasteiger partial charge in [-0.1, -0.05) is 6.07 Å². The predicted molar refractivity (Wildman–Crippen MR) is 42.6 cm³/mol. The van der Waals surface area contributed by atoms with Crippen molar-refractivity contribution in [3.8, 4) is 0 Å². The van der Waals surface area contributed by atoms with Crippen molar-refractivity contribution in [3.05, 3.63) is 35.1 Å². The Bertz CT molecular complexity index is 284. The molecule has 3 heteroatoms. The third-order valence-electron chi connectivity index (χ3n) is 1.59. The highest BCUT2D eigenvalue weighted by Gasteiger charge is 2.01. The summed E-state index contributed by atoms with van der Waals surface area (Å²) < 4.78 is 12.9. The molecule has 0 heterocycles. The molecule has 0 aromatic heterocycles. The quantitative estimate of drug-likeness (QED) is 0.688. The van der Waals surface area contributed by atoms with E-state index in [4.69, 9.17) is 5.11 Å². The van der Waals surface area contributed by atoms with Crippen molar-refractivity contribution >= 4 is 6.29 Å². The van der Waals surface area contributed by atoms with Gasteiger partial charge >= 0.3 is 0 Å². The fourth-order valence-corrected chi connectivity index (χ4v) is 0.951. The minimum absolute atomic E-state index is 0.0140. The smallest absolute Gasteiger partial charge is 0.152 e. The van der Waals surface area contributed by atoms with E-state index in [1.807, 2.05) is 0 Å². The molecule has 0 atom stereocenters. The number of hydrogen-bond acceptors (Lipinski definition) is 2. The number of carbonyl (C=O) groups is 1. The number of aldehydes is 1. The maximum absolute atomic E-state index is 12.9. The number of hydrogen-bond donors (Lipinski definition) is 1. The van der Waals surface area contributed by atoms with Gasteiger partial charge in [-0.05, 0) is 24.1 Å². The number of carbonyl (C=O) groups excluding carboxylic acids is 1. The average Bonchev–Trinajstić information content (AvgIpc) is 2.05. The summed E-state index contributed by atoms with van der Waals surface area (Å²) in [6.45, 7) is -0.0140. The van der Waals surface area contributed by atoms with Gasteiger partial charge in [0.05, 0.1) is 5.56 Å². The zero-order valence-corrected chi connectivity index (χ0v) is 6.46. The van der Waals surface area contributed by atoms with Crippen LogP contribution in [0, 0.1) is 5.82 Å². The van der Waals surface area contributed by atoms with Gasteiger partial charge in [-0.3, -0.25) is 4.79 Å². The molecule has 0 unspecified atom stereocenters. The van der Waals surface area contributed by atoms with E-state index in [9.17, 15) is 9.18 Å². The van der Waals surface area contributed by atoms with Crippen LogP contribution < -0.4 is 0 Å². The first kappa shape index (κ1) is 8.87. The van der Waals surface area contributed by atoms with Gasteiger partial charge in [0.1, 0.15) is 5.82 Å². The van der Waals surface area contributed by atoms with Crippen molar-refractivity contribution in [2.45, 2.75) is 6.42 Å². The van der Waals surface area contributed by atoms with Crippen LogP contribution in [-0.2, 0) is 6.42 Å². The largest absolute Gasteiger partial charge is 0.396 e. The van der Waals surface area contributed by atoms with Gasteiger partial charge < -0.3 is 5.11 Å². The number of halogens is 1. The van der Waals surface area contributed by atoms with Crippen LogP contribution in [0.5, 0.6) is 0 Å². The van der Waals surface area contributed by atoms with E-state index in [0.717, 1.165) is 0 Å². The highest BCUT2D eigenvalue weighted by molar-refractivity contribution is 5.75. The average molecular weight is 168 g/mol. The van der Waals surface area contributed by atoms with E-state index < -0.39 is 5.82 Å². The van der Waals surface area contributed by atoms with Crippen molar-refractivity contribution in [2.75, 3.05) is 6.61 Å². The van der Waals surface area contributed by atoms with E-state index in [1.165, 1.54) is 12.1 Å². The molecule has 1 rings (SSSR count). The van der Waals surface area contributed by atoms with Crippen molar-refractivity contribution in [2.24, 2.45) is 0 Å². The molecule has 0 spiro atoms. The molecule has 0 aliphatic rings. The van der Waals surface area contributed by atoms with Gasteiger partial charge in [-0.25, -0.2) is 4.39 Å². The fourth-order valence-electron chi connectivity index (χ4n) is 0.951. The van der Waals surface area contributed by atoms with Crippen LogP contribution in [0.25, 0.3) is 0 Å². The molecule has 1 aromatic carbocycles. The summed E-state index contributed by atoms with van der Waals surface area (Å²) in [5, 5.41) is 8.55.